The second-order valence-electron chi connectivity index (χ2n) is 3.64. The smallest absolute Gasteiger partial charge is 0.329 e. The molecule has 0 aromatic heterocycles. The van der Waals surface area contributed by atoms with Gasteiger partial charge < -0.3 is 4.74 Å². The zero-order chi connectivity index (χ0) is 10.4. The highest BCUT2D eigenvalue weighted by Crippen LogP contribution is 2.38. The minimum atomic E-state index is -0.394. The molecular formula is C12H18O2. The van der Waals surface area contributed by atoms with E-state index in [-0.39, 0.29) is 0 Å². The molecule has 78 valence electrons. The van der Waals surface area contributed by atoms with E-state index in [0.717, 1.165) is 6.08 Å². The lowest BCUT2D eigenvalue weighted by Crippen LogP contribution is -2.08. The van der Waals surface area contributed by atoms with Crippen LogP contribution in [0.5, 0.6) is 0 Å². The number of carbonyl (C=O) groups excluding carboxylic acids is 1. The Morgan fingerprint density at radius 2 is 1.71 bits per heavy atom. The third kappa shape index (κ3) is 3.02. The van der Waals surface area contributed by atoms with Gasteiger partial charge in [-0.15, -0.1) is 0 Å². The first-order valence-electron chi connectivity index (χ1n) is 5.18. The highest BCUT2D eigenvalue weighted by molar-refractivity contribution is 5.80. The van der Waals surface area contributed by atoms with Gasteiger partial charge in [0.1, 0.15) is 0 Å². The Morgan fingerprint density at radius 3 is 1.86 bits per heavy atom. The molecule has 2 rings (SSSR count). The van der Waals surface area contributed by atoms with E-state index in [4.69, 9.17) is 0 Å². The Hall–Kier alpha value is -1.05. The molecule has 0 radical (unpaired) electrons. The molecule has 0 bridgehead atoms. The van der Waals surface area contributed by atoms with Gasteiger partial charge in [-0.2, -0.15) is 0 Å². The van der Waals surface area contributed by atoms with Crippen LogP contribution >= 0.6 is 0 Å². The summed E-state index contributed by atoms with van der Waals surface area (Å²) < 4.78 is 4.14. The molecule has 0 N–H and O–H groups in total. The van der Waals surface area contributed by atoms with E-state index < -0.39 is 5.97 Å². The van der Waals surface area contributed by atoms with Crippen LogP contribution in [0.15, 0.2) is 23.8 Å². The van der Waals surface area contributed by atoms with Crippen molar-refractivity contribution in [2.45, 2.75) is 38.5 Å². The van der Waals surface area contributed by atoms with Gasteiger partial charge in [-0.05, 0) is 38.5 Å². The maximum Gasteiger partial charge on any atom is 0.329 e. The molecule has 2 aliphatic carbocycles. The highest BCUT2D eigenvalue weighted by atomic mass is 16.5. The van der Waals surface area contributed by atoms with Crippen LogP contribution in [-0.2, 0) is 9.53 Å². The van der Waals surface area contributed by atoms with Crippen molar-refractivity contribution < 1.29 is 9.53 Å². The molecule has 2 heteroatoms. The fraction of sp³-hybridized carbons (Fsp3) is 0.583. The van der Waals surface area contributed by atoms with Crippen LogP contribution in [0.25, 0.3) is 0 Å². The van der Waals surface area contributed by atoms with Crippen molar-refractivity contribution in [1.82, 2.24) is 0 Å². The number of allylic oxidation sites excluding steroid dienone is 2. The van der Waals surface area contributed by atoms with Crippen molar-refractivity contribution in [3.8, 4) is 0 Å². The van der Waals surface area contributed by atoms with Crippen molar-refractivity contribution in [2.24, 2.45) is 0 Å². The molecule has 0 heterocycles. The molecule has 0 fully saturated rings. The molecule has 0 aliphatic heterocycles. The summed E-state index contributed by atoms with van der Waals surface area (Å²) in [6, 6.07) is 0. The zero-order valence-corrected chi connectivity index (χ0v) is 8.84. The van der Waals surface area contributed by atoms with Crippen molar-refractivity contribution in [3.05, 3.63) is 23.8 Å². The number of carbonyl (C=O) groups is 1. The first-order valence-corrected chi connectivity index (χ1v) is 5.18. The third-order valence-electron chi connectivity index (χ3n) is 2.80. The van der Waals surface area contributed by atoms with E-state index in [9.17, 15) is 4.79 Å². The van der Waals surface area contributed by atoms with Crippen LogP contribution in [-0.4, -0.2) is 13.1 Å². The SMILES string of the molecule is C1CCC2=C(C1)CC2.C=CC(=O)OC. The summed E-state index contributed by atoms with van der Waals surface area (Å²) in [5.41, 5.74) is 3.63. The van der Waals surface area contributed by atoms with Crippen LogP contribution in [0.1, 0.15) is 38.5 Å². The van der Waals surface area contributed by atoms with Crippen LogP contribution in [0.4, 0.5) is 0 Å². The normalized spacial score (nSPS) is 18.4. The Balaban J connectivity index is 0.000000149. The van der Waals surface area contributed by atoms with Gasteiger partial charge in [-0.25, -0.2) is 4.79 Å². The quantitative estimate of drug-likeness (QED) is 0.364. The largest absolute Gasteiger partial charge is 0.466 e. The molecule has 0 atom stereocenters. The van der Waals surface area contributed by atoms with Gasteiger partial charge in [0.25, 0.3) is 0 Å². The van der Waals surface area contributed by atoms with Crippen molar-refractivity contribution in [3.63, 3.8) is 0 Å². The number of hydrogen-bond donors (Lipinski definition) is 0. The first-order chi connectivity index (χ1) is 6.77. The average Bonchev–Trinajstić information content (AvgIpc) is 2.20. The predicted octanol–water partition coefficient (Wildman–Crippen LogP) is 3.00. The van der Waals surface area contributed by atoms with E-state index in [0.29, 0.717) is 0 Å². The minimum Gasteiger partial charge on any atom is -0.466 e. The van der Waals surface area contributed by atoms with Gasteiger partial charge in [0.15, 0.2) is 0 Å². The van der Waals surface area contributed by atoms with Gasteiger partial charge in [-0.1, -0.05) is 17.7 Å². The van der Waals surface area contributed by atoms with Crippen LogP contribution in [0, 0.1) is 0 Å². The van der Waals surface area contributed by atoms with Gasteiger partial charge in [-0.3, -0.25) is 0 Å². The standard InChI is InChI=1S/C8H12.C4H6O2/c1-2-4-8-6-5-7(8)3-1;1-3-4(5)6-2/h1-6H2;3H,1H2,2H3. The summed E-state index contributed by atoms with van der Waals surface area (Å²) in [7, 11) is 1.31. The molecule has 0 saturated carbocycles. The third-order valence-corrected chi connectivity index (χ3v) is 2.80. The number of methoxy groups -OCH3 is 1. The molecular weight excluding hydrogens is 176 g/mol. The first kappa shape index (κ1) is 11.0. The highest BCUT2D eigenvalue weighted by Gasteiger charge is 2.18. The van der Waals surface area contributed by atoms with Gasteiger partial charge in [0.2, 0.25) is 0 Å². The number of ether oxygens (including phenoxy) is 1. The van der Waals surface area contributed by atoms with E-state index in [1.165, 1.54) is 45.6 Å². The van der Waals surface area contributed by atoms with Crippen molar-refractivity contribution in [1.29, 1.82) is 0 Å². The monoisotopic (exact) mass is 194 g/mol. The Bertz CT molecular complexity index is 235. The molecule has 14 heavy (non-hydrogen) atoms. The van der Waals surface area contributed by atoms with Gasteiger partial charge in [0, 0.05) is 6.08 Å². The zero-order valence-electron chi connectivity index (χ0n) is 8.84. The summed E-state index contributed by atoms with van der Waals surface area (Å²) in [6.45, 7) is 3.16. The topological polar surface area (TPSA) is 26.3 Å². The molecule has 0 amide bonds. The number of esters is 1. The molecule has 0 saturated heterocycles. The summed E-state index contributed by atoms with van der Waals surface area (Å²) in [6.07, 6.45) is 9.81. The second kappa shape index (κ2) is 5.63. The van der Waals surface area contributed by atoms with E-state index in [1.807, 2.05) is 11.1 Å². The molecule has 0 unspecified atom stereocenters. The lowest BCUT2D eigenvalue weighted by atomic mass is 9.78. The van der Waals surface area contributed by atoms with Crippen molar-refractivity contribution >= 4 is 5.97 Å². The lowest BCUT2D eigenvalue weighted by molar-refractivity contribution is -0.134. The fourth-order valence-electron chi connectivity index (χ4n) is 1.84. The minimum absolute atomic E-state index is 0.394. The lowest BCUT2D eigenvalue weighted by Gasteiger charge is -2.28. The Labute approximate surface area is 85.6 Å². The second-order valence-corrected chi connectivity index (χ2v) is 3.64. The van der Waals surface area contributed by atoms with Crippen LogP contribution in [0.3, 0.4) is 0 Å². The van der Waals surface area contributed by atoms with E-state index in [1.54, 1.807) is 0 Å². The van der Waals surface area contributed by atoms with Crippen LogP contribution < -0.4 is 0 Å². The van der Waals surface area contributed by atoms with Crippen LogP contribution in [0.2, 0.25) is 0 Å². The van der Waals surface area contributed by atoms with Gasteiger partial charge >= 0.3 is 5.97 Å². The van der Waals surface area contributed by atoms with E-state index >= 15 is 0 Å². The number of rotatable bonds is 1. The Morgan fingerprint density at radius 1 is 1.21 bits per heavy atom. The molecule has 0 aromatic carbocycles. The summed E-state index contributed by atoms with van der Waals surface area (Å²) in [5.74, 6) is -0.394. The Kier molecular flexibility index (Phi) is 4.44. The molecule has 2 aliphatic rings. The average molecular weight is 194 g/mol. The number of hydrogen-bond acceptors (Lipinski definition) is 2. The van der Waals surface area contributed by atoms with Gasteiger partial charge in [0.05, 0.1) is 7.11 Å². The molecule has 0 spiro atoms. The fourth-order valence-corrected chi connectivity index (χ4v) is 1.84. The molecule has 0 aromatic rings. The van der Waals surface area contributed by atoms with Crippen molar-refractivity contribution in [2.75, 3.05) is 7.11 Å². The summed E-state index contributed by atoms with van der Waals surface area (Å²) >= 11 is 0. The summed E-state index contributed by atoms with van der Waals surface area (Å²) in [5, 5.41) is 0. The predicted molar refractivity (Wildman–Crippen MR) is 56.9 cm³/mol. The maximum absolute atomic E-state index is 9.84. The van der Waals surface area contributed by atoms with E-state index in [2.05, 4.69) is 11.3 Å². The molecule has 2 nitrogen and oxygen atoms in total. The maximum atomic E-state index is 9.84. The summed E-state index contributed by atoms with van der Waals surface area (Å²) in [4.78, 5) is 9.84.